The van der Waals surface area contributed by atoms with Gasteiger partial charge in [0.1, 0.15) is 5.82 Å². The van der Waals surface area contributed by atoms with Gasteiger partial charge in [-0.3, -0.25) is 0 Å². The molecule has 0 saturated carbocycles. The van der Waals surface area contributed by atoms with E-state index in [0.717, 1.165) is 37.9 Å². The van der Waals surface area contributed by atoms with E-state index in [1.165, 1.54) is 32.7 Å². The van der Waals surface area contributed by atoms with Crippen molar-refractivity contribution in [2.45, 2.75) is 43.9 Å². The highest BCUT2D eigenvalue weighted by Gasteiger charge is 2.32. The van der Waals surface area contributed by atoms with Crippen LogP contribution in [0.1, 0.15) is 54.5 Å². The fraction of sp³-hybridized carbons (Fsp3) is 0.308. The molecule has 1 N–H and O–H groups in total. The van der Waals surface area contributed by atoms with Crippen LogP contribution in [0.2, 0.25) is 0 Å². The Morgan fingerprint density at radius 1 is 0.828 bits per heavy atom. The van der Waals surface area contributed by atoms with Crippen molar-refractivity contribution in [1.29, 1.82) is 0 Å². The Morgan fingerprint density at radius 3 is 2.52 bits per heavy atom. The number of aliphatic hydroxyl groups is 1. The van der Waals surface area contributed by atoms with Crippen molar-refractivity contribution in [3.05, 3.63) is 83.9 Å². The minimum atomic E-state index is 0.260. The number of aromatic nitrogens is 2. The summed E-state index contributed by atoms with van der Waals surface area (Å²) in [6, 6.07) is 19.8. The minimum Gasteiger partial charge on any atom is -0.396 e. The quantitative estimate of drug-likeness (QED) is 0.353. The molecule has 4 aromatic rings. The van der Waals surface area contributed by atoms with E-state index in [1.807, 2.05) is 18.5 Å². The first-order valence-corrected chi connectivity index (χ1v) is 10.7. The third kappa shape index (κ3) is 3.30. The van der Waals surface area contributed by atoms with Crippen LogP contribution in [0, 0.1) is 0 Å². The summed E-state index contributed by atoms with van der Waals surface area (Å²) in [5.74, 6) is 1.72. The summed E-state index contributed by atoms with van der Waals surface area (Å²) < 4.78 is 0. The van der Waals surface area contributed by atoms with Gasteiger partial charge in [0, 0.05) is 24.9 Å². The van der Waals surface area contributed by atoms with Gasteiger partial charge in [0.05, 0.1) is 0 Å². The molecule has 3 heteroatoms. The van der Waals surface area contributed by atoms with Crippen molar-refractivity contribution in [3.63, 3.8) is 0 Å². The van der Waals surface area contributed by atoms with Crippen LogP contribution < -0.4 is 0 Å². The molecule has 1 aliphatic rings. The summed E-state index contributed by atoms with van der Waals surface area (Å²) in [6.45, 7) is 0.260. The van der Waals surface area contributed by atoms with Crippen LogP contribution in [0.4, 0.5) is 0 Å². The molecule has 1 heterocycles. The largest absolute Gasteiger partial charge is 0.396 e. The molecule has 2 atom stereocenters. The summed E-state index contributed by atoms with van der Waals surface area (Å²) >= 11 is 0. The van der Waals surface area contributed by atoms with Crippen molar-refractivity contribution in [2.75, 3.05) is 6.61 Å². The van der Waals surface area contributed by atoms with E-state index in [-0.39, 0.29) is 6.61 Å². The maximum atomic E-state index is 9.29. The van der Waals surface area contributed by atoms with Crippen molar-refractivity contribution in [1.82, 2.24) is 9.97 Å². The Bertz CT molecular complexity index is 1140. The lowest BCUT2D eigenvalue weighted by Gasteiger charge is -2.34. The third-order valence-electron chi connectivity index (χ3n) is 6.50. The van der Waals surface area contributed by atoms with Crippen LogP contribution >= 0.6 is 0 Å². The second-order valence-electron chi connectivity index (χ2n) is 8.09. The van der Waals surface area contributed by atoms with Gasteiger partial charge in [0.25, 0.3) is 0 Å². The van der Waals surface area contributed by atoms with Crippen LogP contribution in [0.15, 0.2) is 67.0 Å². The Kier molecular flexibility index (Phi) is 4.99. The highest BCUT2D eigenvalue weighted by molar-refractivity contribution is 6.08. The minimum absolute atomic E-state index is 0.260. The van der Waals surface area contributed by atoms with Crippen LogP contribution in [0.5, 0.6) is 0 Å². The number of nitrogens with zero attached hydrogens (tertiary/aromatic N) is 2. The van der Waals surface area contributed by atoms with Gasteiger partial charge in [-0.1, -0.05) is 55.0 Å². The van der Waals surface area contributed by atoms with E-state index in [1.54, 1.807) is 0 Å². The van der Waals surface area contributed by atoms with Crippen molar-refractivity contribution in [2.24, 2.45) is 0 Å². The first kappa shape index (κ1) is 18.3. The second kappa shape index (κ2) is 7.92. The Balaban J connectivity index is 1.63. The lowest BCUT2D eigenvalue weighted by molar-refractivity contribution is 0.278. The Hall–Kier alpha value is -2.78. The van der Waals surface area contributed by atoms with Crippen LogP contribution in [0.3, 0.4) is 0 Å². The number of hydrogen-bond donors (Lipinski definition) is 1. The standard InChI is InChI=1S/C26H26N2O/c29-17-4-3-8-20-23-12-11-21-19-7-2-1-6-18(19)9-10-22(21)24(23)13-14-25(20)26-27-15-5-16-28-26/h1-2,5-7,9-12,15-16,20,25,29H,3-4,8,13-14,17H2. The SMILES string of the molecule is OCCCCC1c2ccc3c(ccc4ccccc43)c2CCC1c1ncccn1. The highest BCUT2D eigenvalue weighted by atomic mass is 16.2. The summed E-state index contributed by atoms with van der Waals surface area (Å²) in [5.41, 5.74) is 2.95. The number of rotatable bonds is 5. The maximum absolute atomic E-state index is 9.29. The summed E-state index contributed by atoms with van der Waals surface area (Å²) in [7, 11) is 0. The smallest absolute Gasteiger partial charge is 0.131 e. The average molecular weight is 383 g/mol. The zero-order valence-corrected chi connectivity index (χ0v) is 16.6. The molecular formula is C26H26N2O. The molecule has 0 amide bonds. The molecule has 3 nitrogen and oxygen atoms in total. The number of fused-ring (bicyclic) bond motifs is 5. The monoisotopic (exact) mass is 382 g/mol. The molecule has 0 saturated heterocycles. The summed E-state index contributed by atoms with van der Waals surface area (Å²) in [4.78, 5) is 9.19. The van der Waals surface area contributed by atoms with E-state index in [2.05, 4.69) is 58.5 Å². The molecule has 0 aliphatic heterocycles. The van der Waals surface area contributed by atoms with Gasteiger partial charge in [-0.2, -0.15) is 0 Å². The maximum Gasteiger partial charge on any atom is 0.131 e. The molecule has 29 heavy (non-hydrogen) atoms. The summed E-state index contributed by atoms with van der Waals surface area (Å²) in [6.07, 6.45) is 8.79. The normalized spacial score (nSPS) is 18.8. The molecule has 0 radical (unpaired) electrons. The number of hydrogen-bond acceptors (Lipinski definition) is 3. The van der Waals surface area contributed by atoms with E-state index in [9.17, 15) is 5.11 Å². The van der Waals surface area contributed by atoms with E-state index in [0.29, 0.717) is 11.8 Å². The van der Waals surface area contributed by atoms with Gasteiger partial charge >= 0.3 is 0 Å². The summed E-state index contributed by atoms with van der Waals surface area (Å²) in [5, 5.41) is 14.7. The number of aliphatic hydroxyl groups excluding tert-OH is 1. The highest BCUT2D eigenvalue weighted by Crippen LogP contribution is 2.46. The van der Waals surface area contributed by atoms with Crippen LogP contribution in [-0.2, 0) is 6.42 Å². The van der Waals surface area contributed by atoms with Gasteiger partial charge in [-0.05, 0) is 70.3 Å². The van der Waals surface area contributed by atoms with Gasteiger partial charge in [-0.25, -0.2) is 9.97 Å². The van der Waals surface area contributed by atoms with Gasteiger partial charge < -0.3 is 5.11 Å². The molecule has 0 bridgehead atoms. The molecule has 2 unspecified atom stereocenters. The van der Waals surface area contributed by atoms with Gasteiger partial charge in [0.15, 0.2) is 0 Å². The molecule has 5 rings (SSSR count). The molecule has 3 aromatic carbocycles. The lowest BCUT2D eigenvalue weighted by Crippen LogP contribution is -2.21. The van der Waals surface area contributed by atoms with Crippen LogP contribution in [-0.4, -0.2) is 21.7 Å². The number of aryl methyl sites for hydroxylation is 1. The molecule has 146 valence electrons. The van der Waals surface area contributed by atoms with E-state index < -0.39 is 0 Å². The van der Waals surface area contributed by atoms with Crippen molar-refractivity contribution in [3.8, 4) is 0 Å². The Morgan fingerprint density at radius 2 is 1.66 bits per heavy atom. The predicted molar refractivity (Wildman–Crippen MR) is 118 cm³/mol. The zero-order chi connectivity index (χ0) is 19.6. The van der Waals surface area contributed by atoms with Crippen LogP contribution in [0.25, 0.3) is 21.5 Å². The predicted octanol–water partition coefficient (Wildman–Crippen LogP) is 5.76. The van der Waals surface area contributed by atoms with Gasteiger partial charge in [-0.15, -0.1) is 0 Å². The van der Waals surface area contributed by atoms with E-state index >= 15 is 0 Å². The number of benzene rings is 3. The lowest BCUT2D eigenvalue weighted by atomic mass is 9.71. The molecule has 0 spiro atoms. The third-order valence-corrected chi connectivity index (χ3v) is 6.50. The first-order chi connectivity index (χ1) is 14.4. The van der Waals surface area contributed by atoms with Gasteiger partial charge in [0.2, 0.25) is 0 Å². The van der Waals surface area contributed by atoms with Crippen molar-refractivity contribution < 1.29 is 5.11 Å². The zero-order valence-electron chi connectivity index (χ0n) is 16.6. The fourth-order valence-corrected chi connectivity index (χ4v) is 5.16. The van der Waals surface area contributed by atoms with Crippen molar-refractivity contribution >= 4 is 21.5 Å². The molecule has 1 aromatic heterocycles. The number of unbranched alkanes of at least 4 members (excludes halogenated alkanes) is 1. The average Bonchev–Trinajstić information content (AvgIpc) is 2.79. The topological polar surface area (TPSA) is 46.0 Å². The molecule has 0 fully saturated rings. The van der Waals surface area contributed by atoms with E-state index in [4.69, 9.17) is 0 Å². The Labute approximate surface area is 171 Å². The molecular weight excluding hydrogens is 356 g/mol. The fourth-order valence-electron chi connectivity index (χ4n) is 5.16. The molecule has 1 aliphatic carbocycles. The first-order valence-electron chi connectivity index (χ1n) is 10.7. The second-order valence-corrected chi connectivity index (χ2v) is 8.09.